The summed E-state index contributed by atoms with van der Waals surface area (Å²) in [7, 11) is 0. The Labute approximate surface area is 152 Å². The molecule has 0 fully saturated rings. The number of carbonyl (C=O) groups is 3. The van der Waals surface area contributed by atoms with E-state index in [9.17, 15) is 19.5 Å². The van der Waals surface area contributed by atoms with Crippen molar-refractivity contribution in [1.29, 1.82) is 0 Å². The van der Waals surface area contributed by atoms with E-state index in [0.29, 0.717) is 12.0 Å². The minimum Gasteiger partial charge on any atom is -0.382 e. The maximum atomic E-state index is 11.9. The van der Waals surface area contributed by atoms with E-state index in [1.54, 1.807) is 30.3 Å². The summed E-state index contributed by atoms with van der Waals surface area (Å²) in [6.45, 7) is 1.48. The molecule has 3 atom stereocenters. The number of nitrogens with two attached hydrogens (primary N) is 2. The van der Waals surface area contributed by atoms with Crippen LogP contribution in [-0.4, -0.2) is 41.5 Å². The lowest BCUT2D eigenvalue weighted by Gasteiger charge is -2.19. The standard InChI is InChI=1S/C16H24N4O4.ClH/c1-2-6-11(17)14(22)16(24)19-9-12(21)20-13(15(18)23)10-7-4-3-5-8-10;/h3-5,7-8,11,13-14,22H,2,6,9,17H2,1H3,(H2,18,23)(H,19,24)(H,20,21);1H/t11-,13-,14?;/m0./s1. The summed E-state index contributed by atoms with van der Waals surface area (Å²) in [5.41, 5.74) is 11.5. The van der Waals surface area contributed by atoms with Crippen molar-refractivity contribution in [3.63, 3.8) is 0 Å². The van der Waals surface area contributed by atoms with E-state index in [-0.39, 0.29) is 12.4 Å². The topological polar surface area (TPSA) is 148 Å². The quantitative estimate of drug-likeness (QED) is 0.391. The van der Waals surface area contributed by atoms with Crippen LogP contribution < -0.4 is 22.1 Å². The first-order valence-corrected chi connectivity index (χ1v) is 7.71. The van der Waals surface area contributed by atoms with Gasteiger partial charge >= 0.3 is 0 Å². The molecule has 8 nitrogen and oxygen atoms in total. The van der Waals surface area contributed by atoms with E-state index in [2.05, 4.69) is 10.6 Å². The number of hydrogen-bond donors (Lipinski definition) is 5. The molecule has 9 heteroatoms. The van der Waals surface area contributed by atoms with Crippen LogP contribution in [0.15, 0.2) is 30.3 Å². The van der Waals surface area contributed by atoms with Crippen LogP contribution in [0, 0.1) is 0 Å². The number of carbonyl (C=O) groups excluding carboxylic acids is 3. The lowest BCUT2D eigenvalue weighted by Crippen LogP contribution is -2.49. The molecule has 3 amide bonds. The summed E-state index contributed by atoms with van der Waals surface area (Å²) >= 11 is 0. The average molecular weight is 373 g/mol. The molecule has 25 heavy (non-hydrogen) atoms. The second-order valence-electron chi connectivity index (χ2n) is 5.43. The Balaban J connectivity index is 0.00000576. The molecule has 0 bridgehead atoms. The Morgan fingerprint density at radius 2 is 1.80 bits per heavy atom. The Morgan fingerprint density at radius 1 is 1.20 bits per heavy atom. The second-order valence-corrected chi connectivity index (χ2v) is 5.43. The third kappa shape index (κ3) is 7.51. The van der Waals surface area contributed by atoms with Crippen LogP contribution in [0.4, 0.5) is 0 Å². The molecule has 0 aliphatic rings. The van der Waals surface area contributed by atoms with Gasteiger partial charge in [0.2, 0.25) is 11.8 Å². The minimum absolute atomic E-state index is 0. The fourth-order valence-electron chi connectivity index (χ4n) is 2.13. The van der Waals surface area contributed by atoms with Gasteiger partial charge in [0.25, 0.3) is 5.91 Å². The molecule has 1 aromatic rings. The summed E-state index contributed by atoms with van der Waals surface area (Å²) in [5, 5.41) is 14.5. The number of rotatable bonds is 9. The van der Waals surface area contributed by atoms with E-state index < -0.39 is 42.5 Å². The highest BCUT2D eigenvalue weighted by molar-refractivity contribution is 5.91. The number of halogens is 1. The van der Waals surface area contributed by atoms with Crippen LogP contribution in [0.1, 0.15) is 31.4 Å². The van der Waals surface area contributed by atoms with Gasteiger partial charge in [0.15, 0.2) is 0 Å². The third-order valence-corrected chi connectivity index (χ3v) is 3.44. The zero-order chi connectivity index (χ0) is 18.1. The maximum Gasteiger partial charge on any atom is 0.250 e. The van der Waals surface area contributed by atoms with Crippen molar-refractivity contribution in [3.05, 3.63) is 35.9 Å². The van der Waals surface area contributed by atoms with Gasteiger partial charge in [-0.05, 0) is 12.0 Å². The van der Waals surface area contributed by atoms with Crippen molar-refractivity contribution in [3.8, 4) is 0 Å². The molecular weight excluding hydrogens is 348 g/mol. The predicted molar refractivity (Wildman–Crippen MR) is 95.7 cm³/mol. The van der Waals surface area contributed by atoms with Crippen LogP contribution >= 0.6 is 12.4 Å². The van der Waals surface area contributed by atoms with E-state index >= 15 is 0 Å². The first-order chi connectivity index (χ1) is 11.4. The van der Waals surface area contributed by atoms with Gasteiger partial charge in [-0.3, -0.25) is 14.4 Å². The van der Waals surface area contributed by atoms with Crippen LogP contribution in [-0.2, 0) is 14.4 Å². The number of aliphatic hydroxyl groups excluding tert-OH is 1. The Hall–Kier alpha value is -2.16. The van der Waals surface area contributed by atoms with Gasteiger partial charge in [-0.1, -0.05) is 43.7 Å². The number of amides is 3. The smallest absolute Gasteiger partial charge is 0.250 e. The van der Waals surface area contributed by atoms with Crippen LogP contribution in [0.25, 0.3) is 0 Å². The SMILES string of the molecule is CCC[C@H](N)C(O)C(=O)NCC(=O)N[C@H](C(N)=O)c1ccccc1.Cl. The predicted octanol–water partition coefficient (Wildman–Crippen LogP) is -0.644. The Kier molecular flexibility index (Phi) is 10.4. The van der Waals surface area contributed by atoms with Gasteiger partial charge in [0, 0.05) is 6.04 Å². The maximum absolute atomic E-state index is 11.9. The zero-order valence-electron chi connectivity index (χ0n) is 14.0. The van der Waals surface area contributed by atoms with Crippen molar-refractivity contribution in [2.24, 2.45) is 11.5 Å². The number of benzene rings is 1. The molecule has 140 valence electrons. The molecule has 0 saturated carbocycles. The van der Waals surface area contributed by atoms with E-state index in [1.165, 1.54) is 0 Å². The summed E-state index contributed by atoms with van der Waals surface area (Å²) < 4.78 is 0. The zero-order valence-corrected chi connectivity index (χ0v) is 14.8. The molecule has 1 aromatic carbocycles. The number of aliphatic hydroxyl groups is 1. The molecule has 0 aromatic heterocycles. The van der Waals surface area contributed by atoms with E-state index in [4.69, 9.17) is 11.5 Å². The monoisotopic (exact) mass is 372 g/mol. The van der Waals surface area contributed by atoms with Gasteiger partial charge < -0.3 is 27.2 Å². The van der Waals surface area contributed by atoms with Crippen LogP contribution in [0.3, 0.4) is 0 Å². The first-order valence-electron chi connectivity index (χ1n) is 7.71. The second kappa shape index (κ2) is 11.4. The average Bonchev–Trinajstić information content (AvgIpc) is 2.57. The van der Waals surface area contributed by atoms with Crippen LogP contribution in [0.2, 0.25) is 0 Å². The fraction of sp³-hybridized carbons (Fsp3) is 0.438. The van der Waals surface area contributed by atoms with Gasteiger partial charge in [-0.25, -0.2) is 0 Å². The van der Waals surface area contributed by atoms with E-state index in [0.717, 1.165) is 6.42 Å². The Morgan fingerprint density at radius 3 is 2.32 bits per heavy atom. The van der Waals surface area contributed by atoms with Crippen molar-refractivity contribution in [2.75, 3.05) is 6.54 Å². The number of nitrogens with one attached hydrogen (secondary N) is 2. The van der Waals surface area contributed by atoms with Crippen molar-refractivity contribution in [1.82, 2.24) is 10.6 Å². The van der Waals surface area contributed by atoms with Crippen molar-refractivity contribution in [2.45, 2.75) is 38.0 Å². The third-order valence-electron chi connectivity index (χ3n) is 3.44. The highest BCUT2D eigenvalue weighted by Gasteiger charge is 2.24. The normalized spacial score (nSPS) is 13.7. The molecule has 0 saturated heterocycles. The summed E-state index contributed by atoms with van der Waals surface area (Å²) in [6, 6.07) is 6.81. The molecular formula is C16H25ClN4O4. The largest absolute Gasteiger partial charge is 0.382 e. The number of hydrogen-bond acceptors (Lipinski definition) is 5. The summed E-state index contributed by atoms with van der Waals surface area (Å²) in [6.07, 6.45) is -0.180. The highest BCUT2D eigenvalue weighted by Crippen LogP contribution is 2.11. The molecule has 0 aliphatic carbocycles. The van der Waals surface area contributed by atoms with Gasteiger partial charge in [0.1, 0.15) is 12.1 Å². The molecule has 0 heterocycles. The molecule has 0 spiro atoms. The lowest BCUT2D eigenvalue weighted by atomic mass is 10.1. The van der Waals surface area contributed by atoms with Crippen LogP contribution in [0.5, 0.6) is 0 Å². The van der Waals surface area contributed by atoms with E-state index in [1.807, 2.05) is 6.92 Å². The van der Waals surface area contributed by atoms with Gasteiger partial charge in [-0.15, -0.1) is 12.4 Å². The van der Waals surface area contributed by atoms with Gasteiger partial charge in [0.05, 0.1) is 6.54 Å². The Bertz CT molecular complexity index is 571. The molecule has 0 aliphatic heterocycles. The van der Waals surface area contributed by atoms with Gasteiger partial charge in [-0.2, -0.15) is 0 Å². The summed E-state index contributed by atoms with van der Waals surface area (Å²) in [4.78, 5) is 35.2. The molecule has 7 N–H and O–H groups in total. The van der Waals surface area contributed by atoms with Crippen molar-refractivity contribution < 1.29 is 19.5 Å². The minimum atomic E-state index is -1.39. The number of primary amides is 1. The highest BCUT2D eigenvalue weighted by atomic mass is 35.5. The fourth-order valence-corrected chi connectivity index (χ4v) is 2.13. The lowest BCUT2D eigenvalue weighted by molar-refractivity contribution is -0.133. The first kappa shape index (κ1) is 22.8. The summed E-state index contributed by atoms with van der Waals surface area (Å²) in [5.74, 6) is -2.06. The molecule has 1 unspecified atom stereocenters. The molecule has 1 rings (SSSR count). The van der Waals surface area contributed by atoms with Crippen molar-refractivity contribution >= 4 is 30.1 Å². The molecule has 0 radical (unpaired) electrons.